The first-order valence-corrected chi connectivity index (χ1v) is 9.07. The zero-order valence-electron chi connectivity index (χ0n) is 12.2. The van der Waals surface area contributed by atoms with Gasteiger partial charge in [-0.25, -0.2) is 8.42 Å². The van der Waals surface area contributed by atoms with E-state index in [-0.39, 0.29) is 0 Å². The highest BCUT2D eigenvalue weighted by atomic mass is 32.2. The summed E-state index contributed by atoms with van der Waals surface area (Å²) in [4.78, 5) is 0.379. The summed E-state index contributed by atoms with van der Waals surface area (Å²) in [6, 6.07) is 7.65. The van der Waals surface area contributed by atoms with Crippen LogP contribution < -0.4 is 10.6 Å². The van der Waals surface area contributed by atoms with Gasteiger partial charge >= 0.3 is 0 Å². The zero-order chi connectivity index (χ0) is 14.6. The molecule has 0 radical (unpaired) electrons. The average Bonchev–Trinajstić information content (AvgIpc) is 2.38. The number of piperidine rings is 1. The van der Waals surface area contributed by atoms with Crippen LogP contribution in [-0.2, 0) is 16.4 Å². The molecular formula is C15H24N2O2S. The van der Waals surface area contributed by atoms with Crippen molar-refractivity contribution in [3.8, 4) is 0 Å². The van der Waals surface area contributed by atoms with Crippen molar-refractivity contribution >= 4 is 9.84 Å². The lowest BCUT2D eigenvalue weighted by molar-refractivity contribution is 0.311. The molecule has 0 saturated carbocycles. The van der Waals surface area contributed by atoms with Gasteiger partial charge in [0.25, 0.3) is 0 Å². The first-order chi connectivity index (χ1) is 9.45. The Labute approximate surface area is 121 Å². The van der Waals surface area contributed by atoms with E-state index in [2.05, 4.69) is 17.6 Å². The maximum absolute atomic E-state index is 11.4. The molecule has 2 atom stereocenters. The predicted molar refractivity (Wildman–Crippen MR) is 81.4 cm³/mol. The van der Waals surface area contributed by atoms with Crippen LogP contribution in [0.25, 0.3) is 0 Å². The summed E-state index contributed by atoms with van der Waals surface area (Å²) < 4.78 is 22.7. The van der Waals surface area contributed by atoms with Crippen molar-refractivity contribution in [1.82, 2.24) is 10.6 Å². The van der Waals surface area contributed by atoms with E-state index in [9.17, 15) is 8.42 Å². The smallest absolute Gasteiger partial charge is 0.175 e. The quantitative estimate of drug-likeness (QED) is 0.866. The van der Waals surface area contributed by atoms with Gasteiger partial charge in [-0.05, 0) is 43.0 Å². The number of hydrogen-bond donors (Lipinski definition) is 2. The number of benzene rings is 1. The van der Waals surface area contributed by atoms with Crippen molar-refractivity contribution in [3.05, 3.63) is 29.8 Å². The van der Waals surface area contributed by atoms with Crippen LogP contribution in [-0.4, -0.2) is 33.8 Å². The number of nitrogens with one attached hydrogen (secondary N) is 2. The second kappa shape index (κ2) is 6.70. The molecule has 20 heavy (non-hydrogen) atoms. The first-order valence-electron chi connectivity index (χ1n) is 7.18. The van der Waals surface area contributed by atoms with Crippen LogP contribution in [0.15, 0.2) is 29.2 Å². The summed E-state index contributed by atoms with van der Waals surface area (Å²) in [6.07, 6.45) is 3.72. The molecule has 0 bridgehead atoms. The fourth-order valence-electron chi connectivity index (χ4n) is 2.62. The zero-order valence-corrected chi connectivity index (χ0v) is 13.0. The van der Waals surface area contributed by atoms with Crippen molar-refractivity contribution in [2.45, 2.75) is 37.2 Å². The summed E-state index contributed by atoms with van der Waals surface area (Å²) in [5.41, 5.74) is 1.11. The third-order valence-electron chi connectivity index (χ3n) is 3.83. The Morgan fingerprint density at radius 1 is 1.30 bits per heavy atom. The molecule has 0 aromatic heterocycles. The molecule has 2 unspecified atom stereocenters. The van der Waals surface area contributed by atoms with Gasteiger partial charge in [0.05, 0.1) is 4.90 Å². The van der Waals surface area contributed by atoms with Gasteiger partial charge < -0.3 is 10.6 Å². The molecule has 4 nitrogen and oxygen atoms in total. The number of rotatable bonds is 5. The van der Waals surface area contributed by atoms with Crippen LogP contribution in [0.3, 0.4) is 0 Å². The molecule has 1 fully saturated rings. The molecule has 112 valence electrons. The Kier molecular flexibility index (Phi) is 5.18. The Balaban J connectivity index is 1.79. The van der Waals surface area contributed by atoms with Crippen molar-refractivity contribution in [3.63, 3.8) is 0 Å². The van der Waals surface area contributed by atoms with Crippen LogP contribution in [0.5, 0.6) is 0 Å². The van der Waals surface area contributed by atoms with E-state index in [4.69, 9.17) is 0 Å². The molecule has 2 rings (SSSR count). The standard InChI is InChI=1S/C15H24N2O2S/c1-12-7-8-17-14(9-12)11-16-10-13-3-5-15(6-4-13)20(2,18)19/h3-6,12,14,16-17H,7-11H2,1-2H3. The van der Waals surface area contributed by atoms with E-state index in [1.807, 2.05) is 12.1 Å². The third-order valence-corrected chi connectivity index (χ3v) is 4.96. The van der Waals surface area contributed by atoms with Crippen molar-refractivity contribution in [1.29, 1.82) is 0 Å². The van der Waals surface area contributed by atoms with Gasteiger partial charge in [0.1, 0.15) is 0 Å². The van der Waals surface area contributed by atoms with E-state index in [0.717, 1.165) is 31.1 Å². The highest BCUT2D eigenvalue weighted by Gasteiger charge is 2.17. The molecule has 0 aliphatic carbocycles. The highest BCUT2D eigenvalue weighted by molar-refractivity contribution is 7.90. The topological polar surface area (TPSA) is 58.2 Å². The van der Waals surface area contributed by atoms with E-state index >= 15 is 0 Å². The van der Waals surface area contributed by atoms with Gasteiger partial charge in [0.15, 0.2) is 9.84 Å². The van der Waals surface area contributed by atoms with Crippen LogP contribution >= 0.6 is 0 Å². The summed E-state index contributed by atoms with van der Waals surface area (Å²) in [5.74, 6) is 0.803. The van der Waals surface area contributed by atoms with Crippen LogP contribution in [0.2, 0.25) is 0 Å². The average molecular weight is 296 g/mol. The second-order valence-corrected chi connectivity index (χ2v) is 7.84. The minimum atomic E-state index is -3.09. The molecule has 1 aromatic carbocycles. The minimum absolute atomic E-state index is 0.379. The van der Waals surface area contributed by atoms with E-state index in [1.54, 1.807) is 12.1 Å². The summed E-state index contributed by atoms with van der Waals surface area (Å²) in [5, 5.41) is 6.96. The third kappa shape index (κ3) is 4.58. The lowest BCUT2D eigenvalue weighted by Gasteiger charge is -2.28. The summed E-state index contributed by atoms with van der Waals surface area (Å²) in [7, 11) is -3.09. The maximum atomic E-state index is 11.4. The van der Waals surface area contributed by atoms with E-state index in [0.29, 0.717) is 10.9 Å². The van der Waals surface area contributed by atoms with Crippen LogP contribution in [0.1, 0.15) is 25.3 Å². The minimum Gasteiger partial charge on any atom is -0.313 e. The van der Waals surface area contributed by atoms with Gasteiger partial charge in [0, 0.05) is 25.4 Å². The molecule has 5 heteroatoms. The monoisotopic (exact) mass is 296 g/mol. The normalized spacial score (nSPS) is 23.7. The summed E-state index contributed by atoms with van der Waals surface area (Å²) in [6.45, 7) is 5.14. The molecular weight excluding hydrogens is 272 g/mol. The van der Waals surface area contributed by atoms with E-state index in [1.165, 1.54) is 19.1 Å². The largest absolute Gasteiger partial charge is 0.313 e. The number of sulfone groups is 1. The Morgan fingerprint density at radius 3 is 2.60 bits per heavy atom. The molecule has 1 heterocycles. The van der Waals surface area contributed by atoms with Crippen molar-refractivity contribution < 1.29 is 8.42 Å². The highest BCUT2D eigenvalue weighted by Crippen LogP contribution is 2.14. The predicted octanol–water partition coefficient (Wildman–Crippen LogP) is 1.57. The van der Waals surface area contributed by atoms with Gasteiger partial charge in [0.2, 0.25) is 0 Å². The molecule has 0 amide bonds. The molecule has 2 N–H and O–H groups in total. The van der Waals surface area contributed by atoms with E-state index < -0.39 is 9.84 Å². The molecule has 0 spiro atoms. The Morgan fingerprint density at radius 2 is 2.00 bits per heavy atom. The second-order valence-electron chi connectivity index (χ2n) is 5.83. The van der Waals surface area contributed by atoms with Gasteiger partial charge in [-0.2, -0.15) is 0 Å². The van der Waals surface area contributed by atoms with Crippen LogP contribution in [0.4, 0.5) is 0 Å². The van der Waals surface area contributed by atoms with Crippen LogP contribution in [0, 0.1) is 5.92 Å². The number of hydrogen-bond acceptors (Lipinski definition) is 4. The fourth-order valence-corrected chi connectivity index (χ4v) is 3.25. The van der Waals surface area contributed by atoms with Gasteiger partial charge in [-0.15, -0.1) is 0 Å². The lowest BCUT2D eigenvalue weighted by atomic mass is 9.94. The molecule has 1 aliphatic heterocycles. The Bertz CT molecular complexity index is 525. The lowest BCUT2D eigenvalue weighted by Crippen LogP contribution is -2.43. The van der Waals surface area contributed by atoms with Crippen molar-refractivity contribution in [2.75, 3.05) is 19.3 Å². The Hall–Kier alpha value is -0.910. The van der Waals surface area contributed by atoms with Gasteiger partial charge in [-0.3, -0.25) is 0 Å². The maximum Gasteiger partial charge on any atom is 0.175 e. The fraction of sp³-hybridized carbons (Fsp3) is 0.600. The molecule has 1 saturated heterocycles. The van der Waals surface area contributed by atoms with Gasteiger partial charge in [-0.1, -0.05) is 19.1 Å². The molecule has 1 aromatic rings. The van der Waals surface area contributed by atoms with Crippen molar-refractivity contribution in [2.24, 2.45) is 5.92 Å². The summed E-state index contributed by atoms with van der Waals surface area (Å²) >= 11 is 0. The first kappa shape index (κ1) is 15.5. The SMILES string of the molecule is CC1CCNC(CNCc2ccc(S(C)(=O)=O)cc2)C1. The molecule has 1 aliphatic rings.